The van der Waals surface area contributed by atoms with Crippen molar-refractivity contribution in [2.45, 2.75) is 9.79 Å². The molecule has 130 valence electrons. The minimum absolute atomic E-state index is 0.265. The summed E-state index contributed by atoms with van der Waals surface area (Å²) in [6.07, 6.45) is 2.41. The maximum atomic E-state index is 12.2. The van der Waals surface area contributed by atoms with Gasteiger partial charge < -0.3 is 14.8 Å². The number of hydrogen-bond donors (Lipinski definition) is 2. The molecule has 3 aromatic rings. The van der Waals surface area contributed by atoms with Crippen molar-refractivity contribution in [2.24, 2.45) is 0 Å². The van der Waals surface area contributed by atoms with Gasteiger partial charge in [-0.1, -0.05) is 30.0 Å². The summed E-state index contributed by atoms with van der Waals surface area (Å²) in [5, 5.41) is 17.9. The SMILES string of the molecule is O=C(O)C(O)=CC(=O)c1cccn1-c1ccc(Sc2ccccc2)cc1. The molecule has 0 unspecified atom stereocenters. The normalized spacial score (nSPS) is 11.3. The number of carboxylic acids is 1. The van der Waals surface area contributed by atoms with E-state index < -0.39 is 17.5 Å². The molecule has 0 saturated heterocycles. The number of rotatable bonds is 6. The zero-order valence-electron chi connectivity index (χ0n) is 13.6. The van der Waals surface area contributed by atoms with Crippen LogP contribution in [0.2, 0.25) is 0 Å². The smallest absolute Gasteiger partial charge is 0.371 e. The molecule has 1 heterocycles. The van der Waals surface area contributed by atoms with Gasteiger partial charge in [-0.15, -0.1) is 0 Å². The van der Waals surface area contributed by atoms with Crippen molar-refractivity contribution < 1.29 is 19.8 Å². The van der Waals surface area contributed by atoms with Crippen molar-refractivity contribution in [3.05, 3.63) is 90.5 Å². The second-order valence-corrected chi connectivity index (χ2v) is 6.52. The number of carbonyl (C=O) groups excluding carboxylic acids is 1. The highest BCUT2D eigenvalue weighted by atomic mass is 32.2. The van der Waals surface area contributed by atoms with E-state index in [1.165, 1.54) is 0 Å². The average Bonchev–Trinajstić information content (AvgIpc) is 3.13. The van der Waals surface area contributed by atoms with Crippen LogP contribution in [0, 0.1) is 0 Å². The zero-order valence-corrected chi connectivity index (χ0v) is 14.4. The predicted molar refractivity (Wildman–Crippen MR) is 99.0 cm³/mol. The molecule has 0 amide bonds. The van der Waals surface area contributed by atoms with Gasteiger partial charge in [0, 0.05) is 27.8 Å². The molecule has 0 bridgehead atoms. The van der Waals surface area contributed by atoms with Crippen LogP contribution in [-0.2, 0) is 4.79 Å². The van der Waals surface area contributed by atoms with Gasteiger partial charge >= 0.3 is 5.97 Å². The first-order valence-corrected chi connectivity index (χ1v) is 8.55. The molecular weight excluding hydrogens is 350 g/mol. The minimum atomic E-state index is -1.54. The van der Waals surface area contributed by atoms with Crippen LogP contribution < -0.4 is 0 Å². The van der Waals surface area contributed by atoms with Crippen molar-refractivity contribution in [3.8, 4) is 5.69 Å². The van der Waals surface area contributed by atoms with Crippen LogP contribution in [0.15, 0.2) is 94.6 Å². The summed E-state index contributed by atoms with van der Waals surface area (Å²) in [4.78, 5) is 25.1. The first-order valence-electron chi connectivity index (χ1n) is 7.73. The molecule has 0 aliphatic heterocycles. The Bertz CT molecular complexity index is 959. The number of aliphatic hydroxyl groups is 1. The van der Waals surface area contributed by atoms with E-state index in [-0.39, 0.29) is 5.69 Å². The van der Waals surface area contributed by atoms with E-state index >= 15 is 0 Å². The van der Waals surface area contributed by atoms with Gasteiger partial charge in [-0.05, 0) is 48.5 Å². The molecule has 0 aliphatic carbocycles. The maximum Gasteiger partial charge on any atom is 0.371 e. The molecule has 2 aromatic carbocycles. The van der Waals surface area contributed by atoms with Crippen molar-refractivity contribution >= 4 is 23.5 Å². The lowest BCUT2D eigenvalue weighted by atomic mass is 10.2. The molecular formula is C20H15NO4S. The van der Waals surface area contributed by atoms with E-state index in [0.717, 1.165) is 15.5 Å². The molecule has 0 spiro atoms. The highest BCUT2D eigenvalue weighted by Gasteiger charge is 2.13. The summed E-state index contributed by atoms with van der Waals surface area (Å²) in [7, 11) is 0. The lowest BCUT2D eigenvalue weighted by Crippen LogP contribution is -2.08. The second-order valence-electron chi connectivity index (χ2n) is 5.37. The lowest BCUT2D eigenvalue weighted by Gasteiger charge is -2.08. The van der Waals surface area contributed by atoms with Crippen molar-refractivity contribution in [1.82, 2.24) is 4.57 Å². The number of allylic oxidation sites excluding steroid dienone is 1. The number of aliphatic carboxylic acids is 1. The number of benzene rings is 2. The van der Waals surface area contributed by atoms with Crippen LogP contribution in [0.3, 0.4) is 0 Å². The number of hydrogen-bond acceptors (Lipinski definition) is 4. The maximum absolute atomic E-state index is 12.2. The van der Waals surface area contributed by atoms with Gasteiger partial charge in [-0.2, -0.15) is 0 Å². The number of aliphatic hydroxyl groups excluding tert-OH is 1. The standard InChI is InChI=1S/C20H15NO4S/c22-18(13-19(23)20(24)25)17-7-4-12-21(17)14-8-10-16(11-9-14)26-15-5-2-1-3-6-15/h1-13,23H,(H,24,25). The van der Waals surface area contributed by atoms with Gasteiger partial charge in [0.25, 0.3) is 0 Å². The van der Waals surface area contributed by atoms with Crippen LogP contribution >= 0.6 is 11.8 Å². The monoisotopic (exact) mass is 365 g/mol. The van der Waals surface area contributed by atoms with Gasteiger partial charge in [-0.25, -0.2) is 4.79 Å². The van der Waals surface area contributed by atoms with Crippen molar-refractivity contribution in [2.75, 3.05) is 0 Å². The Balaban J connectivity index is 1.82. The minimum Gasteiger partial charge on any atom is -0.502 e. The second kappa shape index (κ2) is 7.76. The van der Waals surface area contributed by atoms with E-state index in [2.05, 4.69) is 0 Å². The first kappa shape index (κ1) is 17.6. The van der Waals surface area contributed by atoms with Crippen LogP contribution in [0.5, 0.6) is 0 Å². The Morgan fingerprint density at radius 1 is 0.846 bits per heavy atom. The molecule has 1 aromatic heterocycles. The molecule has 6 heteroatoms. The molecule has 0 saturated carbocycles. The Kier molecular flexibility index (Phi) is 5.24. The fraction of sp³-hybridized carbons (Fsp3) is 0. The van der Waals surface area contributed by atoms with Crippen LogP contribution in [0.4, 0.5) is 0 Å². The summed E-state index contributed by atoms with van der Waals surface area (Å²) < 4.78 is 1.64. The number of carboxylic acid groups (broad SMARTS) is 1. The quantitative estimate of drug-likeness (QED) is 0.386. The molecule has 0 radical (unpaired) electrons. The van der Waals surface area contributed by atoms with Gasteiger partial charge in [0.15, 0.2) is 0 Å². The Morgan fingerprint density at radius 3 is 2.15 bits per heavy atom. The largest absolute Gasteiger partial charge is 0.502 e. The Labute approximate surface area is 154 Å². The molecule has 2 N–H and O–H groups in total. The van der Waals surface area contributed by atoms with Crippen LogP contribution in [0.25, 0.3) is 5.69 Å². The fourth-order valence-corrected chi connectivity index (χ4v) is 3.20. The average molecular weight is 365 g/mol. The molecule has 26 heavy (non-hydrogen) atoms. The fourth-order valence-electron chi connectivity index (χ4n) is 2.37. The molecule has 0 aliphatic rings. The summed E-state index contributed by atoms with van der Waals surface area (Å²) in [5.74, 6) is -3.12. The molecule has 5 nitrogen and oxygen atoms in total. The van der Waals surface area contributed by atoms with E-state index in [0.29, 0.717) is 6.08 Å². The van der Waals surface area contributed by atoms with E-state index in [4.69, 9.17) is 5.11 Å². The third-order valence-corrected chi connectivity index (χ3v) is 4.60. The zero-order chi connectivity index (χ0) is 18.5. The number of nitrogens with zero attached hydrogens (tertiary/aromatic N) is 1. The number of aromatic nitrogens is 1. The van der Waals surface area contributed by atoms with Crippen LogP contribution in [-0.4, -0.2) is 26.5 Å². The highest BCUT2D eigenvalue weighted by molar-refractivity contribution is 7.99. The first-order chi connectivity index (χ1) is 12.5. The van der Waals surface area contributed by atoms with Crippen molar-refractivity contribution in [1.29, 1.82) is 0 Å². The van der Waals surface area contributed by atoms with Crippen molar-refractivity contribution in [3.63, 3.8) is 0 Å². The van der Waals surface area contributed by atoms with Gasteiger partial charge in [0.2, 0.25) is 11.5 Å². The van der Waals surface area contributed by atoms with E-state index in [1.807, 2.05) is 54.6 Å². The summed E-state index contributed by atoms with van der Waals surface area (Å²) in [5.41, 5.74) is 1.03. The topological polar surface area (TPSA) is 79.5 Å². The van der Waals surface area contributed by atoms with Gasteiger partial charge in [-0.3, -0.25) is 4.79 Å². The van der Waals surface area contributed by atoms with Crippen LogP contribution in [0.1, 0.15) is 10.5 Å². The number of ketones is 1. The highest BCUT2D eigenvalue weighted by Crippen LogP contribution is 2.28. The molecule has 0 fully saturated rings. The Morgan fingerprint density at radius 2 is 1.50 bits per heavy atom. The summed E-state index contributed by atoms with van der Waals surface area (Å²) >= 11 is 1.63. The van der Waals surface area contributed by atoms with Gasteiger partial charge in [0.05, 0.1) is 5.69 Å². The van der Waals surface area contributed by atoms with Gasteiger partial charge in [0.1, 0.15) is 0 Å². The van der Waals surface area contributed by atoms with E-state index in [1.54, 1.807) is 34.7 Å². The third kappa shape index (κ3) is 4.04. The Hall–Kier alpha value is -3.25. The molecule has 0 atom stereocenters. The predicted octanol–water partition coefficient (Wildman–Crippen LogP) is 4.34. The summed E-state index contributed by atoms with van der Waals surface area (Å²) in [6.45, 7) is 0. The third-order valence-electron chi connectivity index (χ3n) is 3.58. The summed E-state index contributed by atoms with van der Waals surface area (Å²) in [6, 6.07) is 20.9. The number of carbonyl (C=O) groups is 2. The molecule has 3 rings (SSSR count). The van der Waals surface area contributed by atoms with E-state index in [9.17, 15) is 14.7 Å². The lowest BCUT2D eigenvalue weighted by molar-refractivity contribution is -0.135.